The minimum absolute atomic E-state index is 0.00848. The van der Waals surface area contributed by atoms with Crippen molar-refractivity contribution in [2.45, 2.75) is 63.9 Å². The van der Waals surface area contributed by atoms with Gasteiger partial charge in [0.1, 0.15) is 18.1 Å². The highest BCUT2D eigenvalue weighted by molar-refractivity contribution is 5.94. The number of hydrogen-bond donors (Lipinski definition) is 7. The van der Waals surface area contributed by atoms with E-state index in [1.54, 1.807) is 30.3 Å². The predicted molar refractivity (Wildman–Crippen MR) is 120 cm³/mol. The summed E-state index contributed by atoms with van der Waals surface area (Å²) in [7, 11) is 0. The standard InChI is InChI=1S/C22H34N4O7/c1-12(2)9-15(23)19(29)25-17(11-27)20(30)26-18(13(3)28)21(31)24-16(22(32)33)10-14-7-5-4-6-8-14/h4-8,12-13,15-18,27-28H,9-11,23H2,1-3H3,(H,24,31)(H,25,29)(H,26,30)(H,32,33). The van der Waals surface area contributed by atoms with Crippen molar-refractivity contribution in [3.05, 3.63) is 35.9 Å². The fourth-order valence-corrected chi connectivity index (χ4v) is 3.06. The topological polar surface area (TPSA) is 191 Å². The summed E-state index contributed by atoms with van der Waals surface area (Å²) in [5, 5.41) is 35.9. The minimum atomic E-state index is -1.52. The first kappa shape index (κ1) is 28.0. The Morgan fingerprint density at radius 3 is 1.97 bits per heavy atom. The maximum Gasteiger partial charge on any atom is 0.326 e. The van der Waals surface area contributed by atoms with E-state index in [0.717, 1.165) is 0 Å². The van der Waals surface area contributed by atoms with Crippen molar-refractivity contribution < 1.29 is 34.5 Å². The van der Waals surface area contributed by atoms with E-state index in [-0.39, 0.29) is 12.3 Å². The van der Waals surface area contributed by atoms with Crippen molar-refractivity contribution in [3.8, 4) is 0 Å². The maximum atomic E-state index is 12.7. The summed E-state index contributed by atoms with van der Waals surface area (Å²) in [6.07, 6.45) is -1.04. The van der Waals surface area contributed by atoms with Crippen LogP contribution in [0.1, 0.15) is 32.8 Å². The SMILES string of the molecule is CC(C)CC(N)C(=O)NC(CO)C(=O)NC(C(=O)NC(Cc1ccccc1)C(=O)O)C(C)O. The van der Waals surface area contributed by atoms with Gasteiger partial charge in [-0.1, -0.05) is 44.2 Å². The Hall–Kier alpha value is -3.02. The zero-order chi connectivity index (χ0) is 25.1. The number of carbonyl (C=O) groups excluding carboxylic acids is 3. The Labute approximate surface area is 192 Å². The molecule has 0 bridgehead atoms. The van der Waals surface area contributed by atoms with Crippen LogP contribution in [0.2, 0.25) is 0 Å². The van der Waals surface area contributed by atoms with Crippen molar-refractivity contribution in [2.24, 2.45) is 11.7 Å². The lowest BCUT2D eigenvalue weighted by Crippen LogP contribution is -2.60. The van der Waals surface area contributed by atoms with Crippen LogP contribution in [0.4, 0.5) is 0 Å². The molecular weight excluding hydrogens is 432 g/mol. The highest BCUT2D eigenvalue weighted by atomic mass is 16.4. The number of aliphatic hydroxyl groups excluding tert-OH is 2. The van der Waals surface area contributed by atoms with Gasteiger partial charge in [-0.25, -0.2) is 4.79 Å². The molecule has 11 nitrogen and oxygen atoms in total. The summed E-state index contributed by atoms with van der Waals surface area (Å²) < 4.78 is 0. The maximum absolute atomic E-state index is 12.7. The molecule has 11 heteroatoms. The number of carboxylic acid groups (broad SMARTS) is 1. The number of hydrogen-bond acceptors (Lipinski definition) is 7. The number of amides is 3. The van der Waals surface area contributed by atoms with Gasteiger partial charge in [-0.3, -0.25) is 14.4 Å². The number of carbonyl (C=O) groups is 4. The van der Waals surface area contributed by atoms with Gasteiger partial charge in [-0.2, -0.15) is 0 Å². The molecule has 8 N–H and O–H groups in total. The summed E-state index contributed by atoms with van der Waals surface area (Å²) in [6, 6.07) is 3.50. The lowest BCUT2D eigenvalue weighted by atomic mass is 10.0. The molecule has 0 heterocycles. The first-order chi connectivity index (χ1) is 15.5. The van der Waals surface area contributed by atoms with Crippen LogP contribution in [0, 0.1) is 5.92 Å². The molecule has 0 saturated heterocycles. The minimum Gasteiger partial charge on any atom is -0.480 e. The van der Waals surface area contributed by atoms with Crippen molar-refractivity contribution in [3.63, 3.8) is 0 Å². The predicted octanol–water partition coefficient (Wildman–Crippen LogP) is -1.49. The molecule has 1 rings (SSSR count). The monoisotopic (exact) mass is 466 g/mol. The van der Waals surface area contributed by atoms with E-state index in [1.807, 2.05) is 13.8 Å². The second kappa shape index (κ2) is 13.5. The van der Waals surface area contributed by atoms with Crippen molar-refractivity contribution in [1.29, 1.82) is 0 Å². The number of nitrogens with one attached hydrogen (secondary N) is 3. The second-order valence-corrected chi connectivity index (χ2v) is 8.30. The third-order valence-electron chi connectivity index (χ3n) is 4.84. The van der Waals surface area contributed by atoms with Gasteiger partial charge in [0.05, 0.1) is 18.8 Å². The van der Waals surface area contributed by atoms with Gasteiger partial charge in [0.15, 0.2) is 0 Å². The third kappa shape index (κ3) is 9.56. The fourth-order valence-electron chi connectivity index (χ4n) is 3.06. The molecule has 0 spiro atoms. The molecule has 0 saturated carbocycles. The smallest absolute Gasteiger partial charge is 0.326 e. The fraction of sp³-hybridized carbons (Fsp3) is 0.545. The largest absolute Gasteiger partial charge is 0.480 e. The normalized spacial score (nSPS) is 15.6. The zero-order valence-corrected chi connectivity index (χ0v) is 19.0. The molecule has 0 radical (unpaired) electrons. The Bertz CT molecular complexity index is 801. The molecule has 33 heavy (non-hydrogen) atoms. The highest BCUT2D eigenvalue weighted by Gasteiger charge is 2.32. The number of aliphatic hydroxyl groups is 2. The first-order valence-corrected chi connectivity index (χ1v) is 10.7. The molecule has 0 aliphatic carbocycles. The quantitative estimate of drug-likeness (QED) is 0.183. The number of nitrogens with two attached hydrogens (primary N) is 1. The average molecular weight is 467 g/mol. The van der Waals surface area contributed by atoms with Gasteiger partial charge >= 0.3 is 5.97 Å². The zero-order valence-electron chi connectivity index (χ0n) is 19.0. The van der Waals surface area contributed by atoms with Crippen LogP contribution in [0.3, 0.4) is 0 Å². The number of benzene rings is 1. The molecule has 5 atom stereocenters. The first-order valence-electron chi connectivity index (χ1n) is 10.7. The van der Waals surface area contributed by atoms with Crippen LogP contribution in [0.15, 0.2) is 30.3 Å². The Kier molecular flexibility index (Phi) is 11.5. The summed E-state index contributed by atoms with van der Waals surface area (Å²) in [5.74, 6) is -3.67. The van der Waals surface area contributed by atoms with Crippen LogP contribution in [0.25, 0.3) is 0 Å². The van der Waals surface area contributed by atoms with E-state index in [0.29, 0.717) is 12.0 Å². The molecule has 0 aliphatic heterocycles. The Morgan fingerprint density at radius 1 is 0.909 bits per heavy atom. The van der Waals surface area contributed by atoms with Crippen LogP contribution in [-0.4, -0.2) is 75.9 Å². The lowest BCUT2D eigenvalue weighted by molar-refractivity contribution is -0.143. The van der Waals surface area contributed by atoms with Gasteiger partial charge in [0, 0.05) is 6.42 Å². The van der Waals surface area contributed by atoms with Crippen molar-refractivity contribution >= 4 is 23.7 Å². The van der Waals surface area contributed by atoms with Crippen molar-refractivity contribution in [1.82, 2.24) is 16.0 Å². The van der Waals surface area contributed by atoms with Gasteiger partial charge < -0.3 is 37.0 Å². The van der Waals surface area contributed by atoms with E-state index >= 15 is 0 Å². The Morgan fingerprint density at radius 2 is 1.48 bits per heavy atom. The summed E-state index contributed by atoms with van der Waals surface area (Å²) in [4.78, 5) is 49.0. The molecule has 0 aromatic heterocycles. The van der Waals surface area contributed by atoms with Gasteiger partial charge in [-0.05, 0) is 24.8 Å². The summed E-state index contributed by atoms with van der Waals surface area (Å²) in [6.45, 7) is 4.21. The summed E-state index contributed by atoms with van der Waals surface area (Å²) >= 11 is 0. The van der Waals surface area contributed by atoms with E-state index < -0.39 is 60.6 Å². The van der Waals surface area contributed by atoms with E-state index in [2.05, 4.69) is 16.0 Å². The highest BCUT2D eigenvalue weighted by Crippen LogP contribution is 2.06. The van der Waals surface area contributed by atoms with Gasteiger partial charge in [0.2, 0.25) is 17.7 Å². The van der Waals surface area contributed by atoms with E-state index in [4.69, 9.17) is 5.73 Å². The molecule has 1 aromatic rings. The van der Waals surface area contributed by atoms with Crippen LogP contribution in [-0.2, 0) is 25.6 Å². The number of aliphatic carboxylic acids is 1. The molecule has 184 valence electrons. The van der Waals surface area contributed by atoms with E-state index in [9.17, 15) is 34.5 Å². The summed E-state index contributed by atoms with van der Waals surface area (Å²) in [5.41, 5.74) is 6.45. The van der Waals surface area contributed by atoms with Crippen molar-refractivity contribution in [2.75, 3.05) is 6.61 Å². The molecule has 5 unspecified atom stereocenters. The van der Waals surface area contributed by atoms with E-state index in [1.165, 1.54) is 6.92 Å². The molecule has 0 fully saturated rings. The number of rotatable bonds is 13. The average Bonchev–Trinajstić information content (AvgIpc) is 2.74. The lowest BCUT2D eigenvalue weighted by Gasteiger charge is -2.26. The molecular formula is C22H34N4O7. The molecule has 0 aliphatic rings. The van der Waals surface area contributed by atoms with Crippen LogP contribution < -0.4 is 21.7 Å². The van der Waals surface area contributed by atoms with Gasteiger partial charge in [0.25, 0.3) is 0 Å². The van der Waals surface area contributed by atoms with Gasteiger partial charge in [-0.15, -0.1) is 0 Å². The van der Waals surface area contributed by atoms with Crippen LogP contribution in [0.5, 0.6) is 0 Å². The number of carboxylic acids is 1. The third-order valence-corrected chi connectivity index (χ3v) is 4.84. The molecule has 1 aromatic carbocycles. The second-order valence-electron chi connectivity index (χ2n) is 8.30. The Balaban J connectivity index is 2.84. The molecule has 3 amide bonds. The van der Waals surface area contributed by atoms with Crippen LogP contribution >= 0.6 is 0 Å².